The average Bonchev–Trinajstić information content (AvgIpc) is 2.66. The molecule has 0 aliphatic carbocycles. The maximum Gasteiger partial charge on any atom is 0.324 e. The Morgan fingerprint density at radius 3 is 2.38 bits per heavy atom. The molecular weight excluding hydrogens is 296 g/mol. The summed E-state index contributed by atoms with van der Waals surface area (Å²) in [6.07, 6.45) is 0.233. The van der Waals surface area contributed by atoms with Gasteiger partial charge in [0.05, 0.1) is 11.5 Å². The zero-order valence-corrected chi connectivity index (χ0v) is 10.6. The molecule has 1 aliphatic heterocycles. The normalized spacial score (nSPS) is 20.8. The minimum atomic E-state index is -3.60. The minimum Gasteiger partial charge on any atom is -0.465 e. The molecular formula is C10H9BrO4S. The van der Waals surface area contributed by atoms with Crippen molar-refractivity contribution in [3.63, 3.8) is 0 Å². The summed E-state index contributed by atoms with van der Waals surface area (Å²) in [5, 5.41) is -1.05. The first-order chi connectivity index (χ1) is 7.51. The molecule has 0 spiro atoms. The maximum absolute atomic E-state index is 12.0. The lowest BCUT2D eigenvalue weighted by molar-refractivity contribution is -0.137. The Kier molecular flexibility index (Phi) is 3.03. The molecule has 1 atom stereocenters. The van der Waals surface area contributed by atoms with E-state index in [1.54, 1.807) is 12.1 Å². The molecule has 16 heavy (non-hydrogen) atoms. The topological polar surface area (TPSA) is 60.4 Å². The van der Waals surface area contributed by atoms with Crippen LogP contribution >= 0.6 is 15.9 Å². The van der Waals surface area contributed by atoms with Gasteiger partial charge in [0.25, 0.3) is 0 Å². The molecule has 1 saturated heterocycles. The number of hydrogen-bond donors (Lipinski definition) is 0. The van der Waals surface area contributed by atoms with Gasteiger partial charge >= 0.3 is 5.97 Å². The second-order valence-corrected chi connectivity index (χ2v) is 6.49. The SMILES string of the molecule is O=C1OCCC1S(=O)(=O)c1ccc(Br)cc1. The first-order valence-corrected chi connectivity index (χ1v) is 7.02. The fourth-order valence-corrected chi connectivity index (χ4v) is 3.38. The molecule has 1 aromatic carbocycles. The van der Waals surface area contributed by atoms with E-state index in [0.29, 0.717) is 0 Å². The van der Waals surface area contributed by atoms with Gasteiger partial charge in [0.15, 0.2) is 15.1 Å². The molecule has 0 radical (unpaired) electrons. The van der Waals surface area contributed by atoms with Crippen LogP contribution in [0.25, 0.3) is 0 Å². The van der Waals surface area contributed by atoms with Crippen LogP contribution in [-0.2, 0) is 19.4 Å². The molecule has 1 aromatic rings. The predicted molar refractivity (Wildman–Crippen MR) is 60.7 cm³/mol. The fraction of sp³-hybridized carbons (Fsp3) is 0.300. The molecule has 4 nitrogen and oxygen atoms in total. The lowest BCUT2D eigenvalue weighted by atomic mass is 10.4. The number of hydrogen-bond acceptors (Lipinski definition) is 4. The van der Waals surface area contributed by atoms with Crippen LogP contribution in [0.3, 0.4) is 0 Å². The van der Waals surface area contributed by atoms with Crippen LogP contribution in [0.15, 0.2) is 33.6 Å². The quantitative estimate of drug-likeness (QED) is 0.778. The van der Waals surface area contributed by atoms with E-state index < -0.39 is 21.1 Å². The van der Waals surface area contributed by atoms with E-state index in [-0.39, 0.29) is 17.9 Å². The van der Waals surface area contributed by atoms with Crippen molar-refractivity contribution in [3.05, 3.63) is 28.7 Å². The Bertz CT molecular complexity index is 506. The van der Waals surface area contributed by atoms with Gasteiger partial charge in [0, 0.05) is 10.9 Å². The first-order valence-electron chi connectivity index (χ1n) is 4.68. The Hall–Kier alpha value is -0.880. The van der Waals surface area contributed by atoms with E-state index in [9.17, 15) is 13.2 Å². The summed E-state index contributed by atoms with van der Waals surface area (Å²) in [7, 11) is -3.60. The molecule has 0 aromatic heterocycles. The highest BCUT2D eigenvalue weighted by Crippen LogP contribution is 2.24. The second kappa shape index (κ2) is 4.18. The van der Waals surface area contributed by atoms with Crippen molar-refractivity contribution in [2.75, 3.05) is 6.61 Å². The van der Waals surface area contributed by atoms with E-state index >= 15 is 0 Å². The number of cyclic esters (lactones) is 1. The Morgan fingerprint density at radius 1 is 1.25 bits per heavy atom. The molecule has 1 heterocycles. The van der Waals surface area contributed by atoms with Gasteiger partial charge in [-0.25, -0.2) is 8.42 Å². The van der Waals surface area contributed by atoms with Crippen molar-refractivity contribution in [2.24, 2.45) is 0 Å². The molecule has 0 N–H and O–H groups in total. The van der Waals surface area contributed by atoms with E-state index in [1.807, 2.05) is 0 Å². The second-order valence-electron chi connectivity index (χ2n) is 3.44. The average molecular weight is 305 g/mol. The molecule has 1 unspecified atom stereocenters. The first kappa shape index (κ1) is 11.6. The number of sulfone groups is 1. The molecule has 6 heteroatoms. The zero-order chi connectivity index (χ0) is 11.8. The standard InChI is InChI=1S/C10H9BrO4S/c11-7-1-3-8(4-2-7)16(13,14)9-5-6-15-10(9)12/h1-4,9H,5-6H2. The number of esters is 1. The number of ether oxygens (including phenoxy) is 1. The molecule has 86 valence electrons. The third-order valence-corrected chi connectivity index (χ3v) is 5.04. The fourth-order valence-electron chi connectivity index (χ4n) is 1.55. The van der Waals surface area contributed by atoms with Gasteiger partial charge in [-0.05, 0) is 24.3 Å². The summed E-state index contributed by atoms with van der Waals surface area (Å²) in [5.41, 5.74) is 0. The van der Waals surface area contributed by atoms with Crippen LogP contribution in [0, 0.1) is 0 Å². The highest BCUT2D eigenvalue weighted by Gasteiger charge is 2.39. The van der Waals surface area contributed by atoms with Crippen LogP contribution in [0.2, 0.25) is 0 Å². The van der Waals surface area contributed by atoms with Crippen molar-refractivity contribution in [1.29, 1.82) is 0 Å². The maximum atomic E-state index is 12.0. The smallest absolute Gasteiger partial charge is 0.324 e. The van der Waals surface area contributed by atoms with Gasteiger partial charge in [0.1, 0.15) is 0 Å². The summed E-state index contributed by atoms with van der Waals surface area (Å²) in [6, 6.07) is 6.22. The summed E-state index contributed by atoms with van der Waals surface area (Å²) < 4.78 is 29.5. The lowest BCUT2D eigenvalue weighted by Gasteiger charge is -2.07. The molecule has 2 rings (SSSR count). The van der Waals surface area contributed by atoms with Gasteiger partial charge in [0.2, 0.25) is 0 Å². The van der Waals surface area contributed by atoms with Gasteiger partial charge in [-0.3, -0.25) is 4.79 Å². The van der Waals surface area contributed by atoms with Crippen molar-refractivity contribution in [1.82, 2.24) is 0 Å². The molecule has 0 amide bonds. The van der Waals surface area contributed by atoms with Gasteiger partial charge in [-0.1, -0.05) is 15.9 Å². The Morgan fingerprint density at radius 2 is 1.88 bits per heavy atom. The van der Waals surface area contributed by atoms with E-state index in [4.69, 9.17) is 0 Å². The van der Waals surface area contributed by atoms with Gasteiger partial charge < -0.3 is 4.74 Å². The number of benzene rings is 1. The van der Waals surface area contributed by atoms with E-state index in [2.05, 4.69) is 20.7 Å². The largest absolute Gasteiger partial charge is 0.465 e. The van der Waals surface area contributed by atoms with Crippen LogP contribution in [0.4, 0.5) is 0 Å². The Labute approximate surface area is 102 Å². The van der Waals surface area contributed by atoms with Crippen LogP contribution in [0.5, 0.6) is 0 Å². The van der Waals surface area contributed by atoms with Crippen molar-refractivity contribution >= 4 is 31.7 Å². The van der Waals surface area contributed by atoms with Gasteiger partial charge in [-0.2, -0.15) is 0 Å². The van der Waals surface area contributed by atoms with Crippen molar-refractivity contribution in [2.45, 2.75) is 16.6 Å². The van der Waals surface area contributed by atoms with Crippen LogP contribution in [0.1, 0.15) is 6.42 Å². The Balaban J connectivity index is 2.39. The monoisotopic (exact) mass is 304 g/mol. The number of halogens is 1. The van der Waals surface area contributed by atoms with Crippen molar-refractivity contribution < 1.29 is 17.9 Å². The summed E-state index contributed by atoms with van der Waals surface area (Å²) >= 11 is 3.22. The van der Waals surface area contributed by atoms with Crippen LogP contribution < -0.4 is 0 Å². The van der Waals surface area contributed by atoms with Crippen molar-refractivity contribution in [3.8, 4) is 0 Å². The van der Waals surface area contributed by atoms with E-state index in [1.165, 1.54) is 12.1 Å². The third-order valence-electron chi connectivity index (χ3n) is 2.40. The third kappa shape index (κ3) is 1.99. The lowest BCUT2D eigenvalue weighted by Crippen LogP contribution is -2.25. The predicted octanol–water partition coefficient (Wildman–Crippen LogP) is 1.54. The zero-order valence-electron chi connectivity index (χ0n) is 8.22. The van der Waals surface area contributed by atoms with Gasteiger partial charge in [-0.15, -0.1) is 0 Å². The molecule has 1 aliphatic rings. The van der Waals surface area contributed by atoms with Crippen LogP contribution in [-0.4, -0.2) is 26.2 Å². The summed E-state index contributed by atoms with van der Waals surface area (Å²) in [6.45, 7) is 0.180. The molecule has 0 saturated carbocycles. The number of rotatable bonds is 2. The summed E-state index contributed by atoms with van der Waals surface area (Å²) in [4.78, 5) is 11.4. The van der Waals surface area contributed by atoms with E-state index in [0.717, 1.165) is 4.47 Å². The minimum absolute atomic E-state index is 0.152. The number of carbonyl (C=O) groups is 1. The summed E-state index contributed by atoms with van der Waals surface area (Å²) in [5.74, 6) is -0.650. The molecule has 0 bridgehead atoms. The highest BCUT2D eigenvalue weighted by atomic mass is 79.9. The number of carbonyl (C=O) groups excluding carboxylic acids is 1. The highest BCUT2D eigenvalue weighted by molar-refractivity contribution is 9.10. The molecule has 1 fully saturated rings.